The Bertz CT molecular complexity index is 674. The molecule has 2 aromatic rings. The number of hydrogen-bond acceptors (Lipinski definition) is 4. The van der Waals surface area contributed by atoms with Crippen LogP contribution >= 0.6 is 0 Å². The number of allylic oxidation sites excluding steroid dienone is 2. The molecular formula is C18H18N2O2. The number of aliphatic imine (C=N–C) groups is 1. The third-order valence-electron chi connectivity index (χ3n) is 3.04. The topological polar surface area (TPSA) is 64.7 Å². The molecule has 0 fully saturated rings. The highest BCUT2D eigenvalue weighted by Gasteiger charge is 2.01. The zero-order valence-electron chi connectivity index (χ0n) is 12.4. The number of ether oxygens (including phenoxy) is 1. The quantitative estimate of drug-likeness (QED) is 0.506. The molecule has 22 heavy (non-hydrogen) atoms. The van der Waals surface area contributed by atoms with E-state index in [9.17, 15) is 4.79 Å². The Labute approximate surface area is 129 Å². The van der Waals surface area contributed by atoms with Crippen molar-refractivity contribution in [3.63, 3.8) is 0 Å². The fourth-order valence-electron chi connectivity index (χ4n) is 1.98. The Hall–Kier alpha value is -2.88. The lowest BCUT2D eigenvalue weighted by atomic mass is 10.1. The summed E-state index contributed by atoms with van der Waals surface area (Å²) in [5, 5.41) is 0. The van der Waals surface area contributed by atoms with Gasteiger partial charge in [0.15, 0.2) is 6.29 Å². The number of carbonyl (C=O) groups is 1. The van der Waals surface area contributed by atoms with E-state index < -0.39 is 0 Å². The van der Waals surface area contributed by atoms with E-state index in [4.69, 9.17) is 10.5 Å². The second kappa shape index (κ2) is 7.78. The van der Waals surface area contributed by atoms with Crippen molar-refractivity contribution < 1.29 is 9.53 Å². The first kappa shape index (κ1) is 15.5. The summed E-state index contributed by atoms with van der Waals surface area (Å²) in [6.45, 7) is 0. The largest absolute Gasteiger partial charge is 0.497 e. The van der Waals surface area contributed by atoms with E-state index in [2.05, 4.69) is 4.99 Å². The van der Waals surface area contributed by atoms with Crippen LogP contribution in [0.1, 0.15) is 5.56 Å². The highest BCUT2D eigenvalue weighted by molar-refractivity contribution is 6.01. The van der Waals surface area contributed by atoms with Crippen LogP contribution in [0.2, 0.25) is 0 Å². The fourth-order valence-corrected chi connectivity index (χ4v) is 1.98. The van der Waals surface area contributed by atoms with E-state index in [0.717, 1.165) is 22.7 Å². The Morgan fingerprint density at radius 1 is 1.14 bits per heavy atom. The third kappa shape index (κ3) is 4.59. The van der Waals surface area contributed by atoms with E-state index in [1.807, 2.05) is 54.6 Å². The number of hydrogen-bond donors (Lipinski definition) is 1. The van der Waals surface area contributed by atoms with Gasteiger partial charge in [-0.1, -0.05) is 30.3 Å². The Morgan fingerprint density at radius 3 is 2.41 bits per heavy atom. The summed E-state index contributed by atoms with van der Waals surface area (Å²) in [6, 6.07) is 17.3. The maximum absolute atomic E-state index is 10.8. The molecule has 0 heterocycles. The van der Waals surface area contributed by atoms with Crippen LogP contribution in [-0.4, -0.2) is 19.1 Å². The molecule has 2 rings (SSSR count). The van der Waals surface area contributed by atoms with Crippen LogP contribution in [-0.2, 0) is 11.2 Å². The minimum absolute atomic E-state index is 0.156. The molecular weight excluding hydrogens is 276 g/mol. The van der Waals surface area contributed by atoms with Crippen LogP contribution in [0.4, 0.5) is 5.69 Å². The van der Waals surface area contributed by atoms with Crippen LogP contribution < -0.4 is 10.5 Å². The monoisotopic (exact) mass is 294 g/mol. The Kier molecular flexibility index (Phi) is 5.49. The number of nitrogens with zero attached hydrogens (tertiary/aromatic N) is 1. The minimum atomic E-state index is 0.156. The number of nitrogens with two attached hydrogens (primary N) is 1. The smallest absolute Gasteiger partial charge is 0.165 e. The van der Waals surface area contributed by atoms with Gasteiger partial charge in [-0.3, -0.25) is 9.79 Å². The standard InChI is InChI=1S/C18H18N2O2/c1-22-18-9-7-16(8-10-18)20-17(12-15(19)13-21)11-14-5-3-2-4-6-14/h2-10,12-13H,11,19H2,1H3. The van der Waals surface area contributed by atoms with Crippen LogP contribution in [0, 0.1) is 0 Å². The van der Waals surface area contributed by atoms with Crippen LogP contribution in [0.15, 0.2) is 71.4 Å². The first-order valence-corrected chi connectivity index (χ1v) is 6.89. The van der Waals surface area contributed by atoms with Gasteiger partial charge < -0.3 is 10.5 Å². The van der Waals surface area contributed by atoms with E-state index in [1.165, 1.54) is 0 Å². The second-order valence-electron chi connectivity index (χ2n) is 4.73. The van der Waals surface area contributed by atoms with Crippen molar-refractivity contribution in [3.8, 4) is 5.75 Å². The SMILES string of the molecule is COc1ccc(N=C(C=C(N)C=O)Cc2ccccc2)cc1. The lowest BCUT2D eigenvalue weighted by molar-refractivity contribution is -0.104. The second-order valence-corrected chi connectivity index (χ2v) is 4.73. The first-order valence-electron chi connectivity index (χ1n) is 6.89. The van der Waals surface area contributed by atoms with Crippen LogP contribution in [0.3, 0.4) is 0 Å². The Morgan fingerprint density at radius 2 is 1.82 bits per heavy atom. The van der Waals surface area contributed by atoms with Gasteiger partial charge in [-0.2, -0.15) is 0 Å². The summed E-state index contributed by atoms with van der Waals surface area (Å²) in [5.74, 6) is 0.770. The van der Waals surface area contributed by atoms with Crippen molar-refractivity contribution >= 4 is 17.7 Å². The molecule has 0 saturated carbocycles. The predicted octanol–water partition coefficient (Wildman–Crippen LogP) is 3.05. The van der Waals surface area contributed by atoms with Gasteiger partial charge in [0, 0.05) is 12.1 Å². The van der Waals surface area contributed by atoms with Crippen molar-refractivity contribution in [2.75, 3.05) is 7.11 Å². The van der Waals surface area contributed by atoms with Crippen LogP contribution in [0.25, 0.3) is 0 Å². The van der Waals surface area contributed by atoms with Crippen molar-refractivity contribution in [2.24, 2.45) is 10.7 Å². The van der Waals surface area contributed by atoms with E-state index in [-0.39, 0.29) is 5.70 Å². The number of rotatable bonds is 6. The number of carbonyl (C=O) groups excluding carboxylic acids is 1. The third-order valence-corrected chi connectivity index (χ3v) is 3.04. The summed E-state index contributed by atoms with van der Waals surface area (Å²) >= 11 is 0. The van der Waals surface area contributed by atoms with Crippen LogP contribution in [0.5, 0.6) is 5.75 Å². The van der Waals surface area contributed by atoms with Gasteiger partial charge in [0.2, 0.25) is 0 Å². The van der Waals surface area contributed by atoms with Gasteiger partial charge in [-0.25, -0.2) is 0 Å². The molecule has 0 spiro atoms. The van der Waals surface area contributed by atoms with Gasteiger partial charge in [-0.05, 0) is 35.9 Å². The molecule has 0 bridgehead atoms. The lowest BCUT2D eigenvalue weighted by Gasteiger charge is -2.04. The van der Waals surface area contributed by atoms with Gasteiger partial charge in [0.1, 0.15) is 5.75 Å². The molecule has 2 N–H and O–H groups in total. The molecule has 0 unspecified atom stereocenters. The van der Waals surface area contributed by atoms with E-state index in [0.29, 0.717) is 12.7 Å². The molecule has 4 nitrogen and oxygen atoms in total. The van der Waals surface area contributed by atoms with Crippen molar-refractivity contribution in [3.05, 3.63) is 71.9 Å². The molecule has 4 heteroatoms. The number of benzene rings is 2. The average molecular weight is 294 g/mol. The highest BCUT2D eigenvalue weighted by atomic mass is 16.5. The summed E-state index contributed by atoms with van der Waals surface area (Å²) in [6.07, 6.45) is 2.82. The molecule has 0 aliphatic carbocycles. The van der Waals surface area contributed by atoms with Gasteiger partial charge in [-0.15, -0.1) is 0 Å². The highest BCUT2D eigenvalue weighted by Crippen LogP contribution is 2.18. The molecule has 0 amide bonds. The minimum Gasteiger partial charge on any atom is -0.497 e. The summed E-state index contributed by atoms with van der Waals surface area (Å²) in [5.41, 5.74) is 8.38. The molecule has 0 radical (unpaired) electrons. The van der Waals surface area contributed by atoms with Crippen molar-refractivity contribution in [1.82, 2.24) is 0 Å². The summed E-state index contributed by atoms with van der Waals surface area (Å²) < 4.78 is 5.13. The fraction of sp³-hybridized carbons (Fsp3) is 0.111. The molecule has 0 aliphatic rings. The molecule has 0 atom stereocenters. The maximum Gasteiger partial charge on any atom is 0.165 e. The van der Waals surface area contributed by atoms with E-state index in [1.54, 1.807) is 13.2 Å². The molecule has 112 valence electrons. The normalized spacial score (nSPS) is 12.0. The zero-order chi connectivity index (χ0) is 15.8. The van der Waals surface area contributed by atoms with Gasteiger partial charge in [0.25, 0.3) is 0 Å². The van der Waals surface area contributed by atoms with Crippen molar-refractivity contribution in [2.45, 2.75) is 6.42 Å². The molecule has 0 saturated heterocycles. The van der Waals surface area contributed by atoms with Gasteiger partial charge in [0.05, 0.1) is 18.5 Å². The summed E-state index contributed by atoms with van der Waals surface area (Å²) in [7, 11) is 1.62. The lowest BCUT2D eigenvalue weighted by Crippen LogP contribution is -2.06. The molecule has 2 aromatic carbocycles. The zero-order valence-corrected chi connectivity index (χ0v) is 12.4. The Balaban J connectivity index is 2.30. The summed E-state index contributed by atoms with van der Waals surface area (Å²) in [4.78, 5) is 15.3. The first-order chi connectivity index (χ1) is 10.7. The maximum atomic E-state index is 10.8. The number of methoxy groups -OCH3 is 1. The van der Waals surface area contributed by atoms with Gasteiger partial charge >= 0.3 is 0 Å². The average Bonchev–Trinajstić information content (AvgIpc) is 2.56. The number of aldehydes is 1. The molecule has 0 aromatic heterocycles. The van der Waals surface area contributed by atoms with Crippen molar-refractivity contribution in [1.29, 1.82) is 0 Å². The molecule has 0 aliphatic heterocycles. The van der Waals surface area contributed by atoms with E-state index >= 15 is 0 Å². The predicted molar refractivity (Wildman–Crippen MR) is 88.6 cm³/mol.